The van der Waals surface area contributed by atoms with E-state index in [2.05, 4.69) is 15.3 Å². The van der Waals surface area contributed by atoms with Crippen molar-refractivity contribution < 1.29 is 14.3 Å². The zero-order valence-electron chi connectivity index (χ0n) is 13.5. The second-order valence-corrected chi connectivity index (χ2v) is 6.41. The molecule has 8 nitrogen and oxygen atoms in total. The average molecular weight is 319 g/mol. The van der Waals surface area contributed by atoms with Gasteiger partial charge in [0.2, 0.25) is 5.95 Å². The highest BCUT2D eigenvalue weighted by atomic mass is 16.6. The van der Waals surface area contributed by atoms with E-state index in [0.29, 0.717) is 13.0 Å². The van der Waals surface area contributed by atoms with Crippen LogP contribution < -0.4 is 11.1 Å². The molecule has 0 amide bonds. The number of nitrogens with zero attached hydrogens (tertiary/aromatic N) is 3. The molecule has 124 valence electrons. The van der Waals surface area contributed by atoms with Crippen LogP contribution in [0.1, 0.15) is 39.2 Å². The zero-order chi connectivity index (χ0) is 17.1. The molecule has 0 aliphatic carbocycles. The molecule has 2 heterocycles. The van der Waals surface area contributed by atoms with E-state index in [0.717, 1.165) is 6.42 Å². The van der Waals surface area contributed by atoms with Gasteiger partial charge in [-0.25, -0.2) is 9.78 Å². The Bertz CT molecular complexity index is 627. The van der Waals surface area contributed by atoms with Crippen LogP contribution in [0.25, 0.3) is 0 Å². The number of anilines is 2. The predicted molar refractivity (Wildman–Crippen MR) is 83.4 cm³/mol. The van der Waals surface area contributed by atoms with Gasteiger partial charge in [-0.1, -0.05) is 0 Å². The Morgan fingerprint density at radius 3 is 2.87 bits per heavy atom. The summed E-state index contributed by atoms with van der Waals surface area (Å²) in [4.78, 5) is 20.5. The molecule has 8 heteroatoms. The van der Waals surface area contributed by atoms with Crippen molar-refractivity contribution in [2.45, 2.75) is 44.8 Å². The highest BCUT2D eigenvalue weighted by Gasteiger charge is 2.45. The molecule has 1 atom stereocenters. The lowest BCUT2D eigenvalue weighted by atomic mass is 10.00. The van der Waals surface area contributed by atoms with Crippen LogP contribution in [0.5, 0.6) is 0 Å². The van der Waals surface area contributed by atoms with Gasteiger partial charge in [0.05, 0.1) is 12.7 Å². The van der Waals surface area contributed by atoms with Gasteiger partial charge in [0.1, 0.15) is 23.1 Å². The normalized spacial score (nSPS) is 20.8. The van der Waals surface area contributed by atoms with Gasteiger partial charge in [-0.05, 0) is 33.6 Å². The van der Waals surface area contributed by atoms with Crippen LogP contribution in [0, 0.1) is 11.3 Å². The summed E-state index contributed by atoms with van der Waals surface area (Å²) >= 11 is 0. The summed E-state index contributed by atoms with van der Waals surface area (Å²) in [5.41, 5.74) is 4.21. The van der Waals surface area contributed by atoms with E-state index in [4.69, 9.17) is 20.5 Å². The monoisotopic (exact) mass is 319 g/mol. The van der Waals surface area contributed by atoms with Crippen LogP contribution in [0.3, 0.4) is 0 Å². The van der Waals surface area contributed by atoms with Crippen molar-refractivity contribution in [1.82, 2.24) is 9.97 Å². The maximum atomic E-state index is 12.5. The molecule has 2 rings (SSSR count). The molecule has 0 spiro atoms. The number of carbonyl (C=O) groups excluding carboxylic acids is 1. The molecule has 1 aliphatic heterocycles. The number of ether oxygens (including phenoxy) is 2. The fraction of sp³-hybridized carbons (Fsp3) is 0.600. The Kier molecular flexibility index (Phi) is 4.71. The lowest BCUT2D eigenvalue weighted by Crippen LogP contribution is -2.48. The number of nitrogens with one attached hydrogen (secondary N) is 1. The van der Waals surface area contributed by atoms with Gasteiger partial charge in [-0.3, -0.25) is 0 Å². The standard InChI is InChI=1S/C15H21N5O3/c1-14(2,3)23-12(21)15(5-4-6-22-15)9-19-13-18-8-10(7-16)11(17)20-13/h8H,4-6,9H2,1-3H3,(H3,17,18,19,20). The van der Waals surface area contributed by atoms with Crippen molar-refractivity contribution in [1.29, 1.82) is 5.26 Å². The first kappa shape index (κ1) is 17.0. The Morgan fingerprint density at radius 1 is 1.61 bits per heavy atom. The third-order valence-electron chi connectivity index (χ3n) is 3.34. The Labute approximate surface area is 135 Å². The first-order valence-electron chi connectivity index (χ1n) is 7.40. The van der Waals surface area contributed by atoms with Crippen molar-refractivity contribution in [3.05, 3.63) is 11.8 Å². The Balaban J connectivity index is 2.10. The molecule has 0 radical (unpaired) electrons. The first-order chi connectivity index (χ1) is 10.8. The molecule has 0 bridgehead atoms. The largest absolute Gasteiger partial charge is 0.458 e. The number of hydrogen-bond donors (Lipinski definition) is 2. The quantitative estimate of drug-likeness (QED) is 0.794. The highest BCUT2D eigenvalue weighted by Crippen LogP contribution is 2.29. The Morgan fingerprint density at radius 2 is 2.35 bits per heavy atom. The fourth-order valence-corrected chi connectivity index (χ4v) is 2.23. The summed E-state index contributed by atoms with van der Waals surface area (Å²) in [5, 5.41) is 11.8. The van der Waals surface area contributed by atoms with Gasteiger partial charge < -0.3 is 20.5 Å². The molecule has 1 aliphatic rings. The summed E-state index contributed by atoms with van der Waals surface area (Å²) < 4.78 is 11.1. The van der Waals surface area contributed by atoms with Gasteiger partial charge in [0, 0.05) is 6.61 Å². The molecule has 1 saturated heterocycles. The molecule has 1 unspecified atom stereocenters. The molecule has 3 N–H and O–H groups in total. The van der Waals surface area contributed by atoms with Crippen molar-refractivity contribution in [3.8, 4) is 6.07 Å². The van der Waals surface area contributed by atoms with E-state index in [1.54, 1.807) is 0 Å². The minimum Gasteiger partial charge on any atom is -0.458 e. The summed E-state index contributed by atoms with van der Waals surface area (Å²) in [7, 11) is 0. The topological polar surface area (TPSA) is 123 Å². The van der Waals surface area contributed by atoms with E-state index >= 15 is 0 Å². The number of hydrogen-bond acceptors (Lipinski definition) is 8. The van der Waals surface area contributed by atoms with Gasteiger partial charge in [0.15, 0.2) is 5.60 Å². The smallest absolute Gasteiger partial charge is 0.340 e. The van der Waals surface area contributed by atoms with E-state index in [1.807, 2.05) is 26.8 Å². The Hall–Kier alpha value is -2.40. The van der Waals surface area contributed by atoms with Crippen LogP contribution in [-0.4, -0.2) is 40.3 Å². The number of nitrogen functional groups attached to an aromatic ring is 1. The second kappa shape index (κ2) is 6.38. The maximum Gasteiger partial charge on any atom is 0.340 e. The number of nitrogens with two attached hydrogens (primary N) is 1. The van der Waals surface area contributed by atoms with Crippen molar-refractivity contribution in [2.75, 3.05) is 24.2 Å². The van der Waals surface area contributed by atoms with Crippen LogP contribution in [0.15, 0.2) is 6.20 Å². The van der Waals surface area contributed by atoms with Gasteiger partial charge in [-0.2, -0.15) is 10.2 Å². The van der Waals surface area contributed by atoms with Crippen LogP contribution >= 0.6 is 0 Å². The maximum absolute atomic E-state index is 12.5. The number of carbonyl (C=O) groups is 1. The predicted octanol–water partition coefficient (Wildman–Crippen LogP) is 1.23. The number of esters is 1. The van der Waals surface area contributed by atoms with Gasteiger partial charge in [-0.15, -0.1) is 0 Å². The first-order valence-corrected chi connectivity index (χ1v) is 7.40. The summed E-state index contributed by atoms with van der Waals surface area (Å²) in [6.45, 7) is 6.10. The van der Waals surface area contributed by atoms with Crippen molar-refractivity contribution >= 4 is 17.7 Å². The SMILES string of the molecule is CC(C)(C)OC(=O)C1(CNc2ncc(C#N)c(N)n2)CCCO1. The number of aromatic nitrogens is 2. The molecule has 1 aromatic heterocycles. The minimum atomic E-state index is -1.06. The number of rotatable bonds is 4. The lowest BCUT2D eigenvalue weighted by molar-refractivity contribution is -0.177. The molecule has 0 aromatic carbocycles. The highest BCUT2D eigenvalue weighted by molar-refractivity contribution is 5.81. The van der Waals surface area contributed by atoms with E-state index < -0.39 is 17.2 Å². The third-order valence-corrected chi connectivity index (χ3v) is 3.34. The van der Waals surface area contributed by atoms with Gasteiger partial charge in [0.25, 0.3) is 0 Å². The zero-order valence-corrected chi connectivity index (χ0v) is 13.5. The lowest BCUT2D eigenvalue weighted by Gasteiger charge is -2.30. The van der Waals surface area contributed by atoms with E-state index in [1.165, 1.54) is 6.20 Å². The third kappa shape index (κ3) is 4.07. The fourth-order valence-electron chi connectivity index (χ4n) is 2.23. The molecular formula is C15H21N5O3. The van der Waals surface area contributed by atoms with E-state index in [9.17, 15) is 4.79 Å². The number of nitriles is 1. The summed E-state index contributed by atoms with van der Waals surface area (Å²) in [6, 6.07) is 1.89. The average Bonchev–Trinajstić information content (AvgIpc) is 2.94. The molecule has 23 heavy (non-hydrogen) atoms. The minimum absolute atomic E-state index is 0.0867. The molecular weight excluding hydrogens is 298 g/mol. The molecule has 1 aromatic rings. The summed E-state index contributed by atoms with van der Waals surface area (Å²) in [5.74, 6) is -0.0831. The molecule has 1 fully saturated rings. The van der Waals surface area contributed by atoms with Crippen LogP contribution in [0.4, 0.5) is 11.8 Å². The van der Waals surface area contributed by atoms with Gasteiger partial charge >= 0.3 is 5.97 Å². The van der Waals surface area contributed by atoms with Crippen LogP contribution in [0.2, 0.25) is 0 Å². The van der Waals surface area contributed by atoms with Crippen molar-refractivity contribution in [2.24, 2.45) is 0 Å². The summed E-state index contributed by atoms with van der Waals surface area (Å²) in [6.07, 6.45) is 2.66. The van der Waals surface area contributed by atoms with E-state index in [-0.39, 0.29) is 23.9 Å². The second-order valence-electron chi connectivity index (χ2n) is 6.41. The molecule has 0 saturated carbocycles. The van der Waals surface area contributed by atoms with Crippen LogP contribution in [-0.2, 0) is 14.3 Å². The van der Waals surface area contributed by atoms with Crippen molar-refractivity contribution in [3.63, 3.8) is 0 Å².